The third kappa shape index (κ3) is 6.55. The summed E-state index contributed by atoms with van der Waals surface area (Å²) in [6.45, 7) is 0.567. The minimum absolute atomic E-state index is 0.0380. The highest BCUT2D eigenvalue weighted by Gasteiger charge is 2.31. The van der Waals surface area contributed by atoms with Crippen LogP contribution in [0.2, 0.25) is 10.0 Å². The van der Waals surface area contributed by atoms with Crippen molar-refractivity contribution in [3.8, 4) is 0 Å². The molecule has 0 atom stereocenters. The summed E-state index contributed by atoms with van der Waals surface area (Å²) in [7, 11) is 0. The van der Waals surface area contributed by atoms with E-state index in [1.807, 2.05) is 23.6 Å². The number of carbonyl (C=O) groups excluding carboxylic acids is 2. The number of carbonyl (C=O) groups is 2. The van der Waals surface area contributed by atoms with Crippen molar-refractivity contribution in [2.24, 2.45) is 0 Å². The number of unbranched alkanes of at least 4 members (excludes halogenated alkanes) is 2. The lowest BCUT2D eigenvalue weighted by atomic mass is 10.1. The second kappa shape index (κ2) is 10.6. The number of nitrogens with zero attached hydrogens (tertiary/aromatic N) is 1. The number of thiophene rings is 1. The topological polar surface area (TPSA) is 49.4 Å². The van der Waals surface area contributed by atoms with Gasteiger partial charge in [-0.3, -0.25) is 14.5 Å². The molecular formula is C20H18Cl2N2O2S3. The van der Waals surface area contributed by atoms with Crippen LogP contribution in [0, 0.1) is 0 Å². The maximum Gasteiger partial charge on any atom is 0.266 e. The van der Waals surface area contributed by atoms with E-state index in [-0.39, 0.29) is 11.8 Å². The van der Waals surface area contributed by atoms with Gasteiger partial charge in [0, 0.05) is 33.6 Å². The van der Waals surface area contributed by atoms with Gasteiger partial charge in [0.15, 0.2) is 0 Å². The van der Waals surface area contributed by atoms with Crippen molar-refractivity contribution in [2.45, 2.75) is 25.7 Å². The second-order valence-corrected chi connectivity index (χ2v) is 9.89. The summed E-state index contributed by atoms with van der Waals surface area (Å²) >= 11 is 20.1. The molecule has 4 nitrogen and oxygen atoms in total. The molecule has 1 N–H and O–H groups in total. The molecule has 1 aromatic heterocycles. The van der Waals surface area contributed by atoms with E-state index in [0.717, 1.165) is 24.1 Å². The van der Waals surface area contributed by atoms with Crippen LogP contribution in [0.25, 0.3) is 6.08 Å². The average molecular weight is 485 g/mol. The van der Waals surface area contributed by atoms with E-state index < -0.39 is 0 Å². The Bertz CT molecular complexity index is 925. The van der Waals surface area contributed by atoms with Crippen LogP contribution in [0.5, 0.6) is 0 Å². The number of thioether (sulfide) groups is 1. The summed E-state index contributed by atoms with van der Waals surface area (Å²) in [5.74, 6) is -0.128. The first kappa shape index (κ1) is 22.3. The van der Waals surface area contributed by atoms with Gasteiger partial charge in [0.2, 0.25) is 5.91 Å². The first-order valence-electron chi connectivity index (χ1n) is 8.97. The quantitative estimate of drug-likeness (QED) is 0.265. The summed E-state index contributed by atoms with van der Waals surface area (Å²) in [6.07, 6.45) is 4.61. The Labute approximate surface area is 193 Å². The lowest BCUT2D eigenvalue weighted by Crippen LogP contribution is -2.29. The molecule has 1 saturated heterocycles. The number of nitrogens with one attached hydrogen (secondary N) is 1. The molecule has 1 aromatic carbocycles. The Hall–Kier alpha value is -1.38. The predicted molar refractivity (Wildman–Crippen MR) is 128 cm³/mol. The van der Waals surface area contributed by atoms with E-state index in [1.54, 1.807) is 34.4 Å². The molecule has 29 heavy (non-hydrogen) atoms. The average Bonchev–Trinajstić information content (AvgIpc) is 3.24. The Morgan fingerprint density at radius 3 is 2.62 bits per heavy atom. The summed E-state index contributed by atoms with van der Waals surface area (Å²) < 4.78 is 0.591. The number of rotatable bonds is 8. The Morgan fingerprint density at radius 2 is 1.93 bits per heavy atom. The monoisotopic (exact) mass is 484 g/mol. The van der Waals surface area contributed by atoms with Crippen molar-refractivity contribution in [3.63, 3.8) is 0 Å². The van der Waals surface area contributed by atoms with E-state index >= 15 is 0 Å². The highest BCUT2D eigenvalue weighted by atomic mass is 35.5. The fraction of sp³-hybridized carbons (Fsp3) is 0.250. The number of hydrogen-bond acceptors (Lipinski definition) is 5. The molecule has 2 amide bonds. The second-order valence-electron chi connectivity index (χ2n) is 6.37. The molecule has 0 spiro atoms. The molecular weight excluding hydrogens is 467 g/mol. The van der Waals surface area contributed by atoms with Crippen LogP contribution >= 0.6 is 58.5 Å². The first-order valence-corrected chi connectivity index (χ1v) is 11.8. The van der Waals surface area contributed by atoms with Crippen LogP contribution in [-0.2, 0) is 9.59 Å². The number of benzene rings is 1. The summed E-state index contributed by atoms with van der Waals surface area (Å²) in [4.78, 5) is 28.0. The van der Waals surface area contributed by atoms with Gasteiger partial charge >= 0.3 is 0 Å². The van der Waals surface area contributed by atoms with Gasteiger partial charge in [0.25, 0.3) is 5.91 Å². The fourth-order valence-electron chi connectivity index (χ4n) is 2.78. The van der Waals surface area contributed by atoms with E-state index in [4.69, 9.17) is 35.4 Å². The van der Waals surface area contributed by atoms with Crippen molar-refractivity contribution in [1.29, 1.82) is 0 Å². The van der Waals surface area contributed by atoms with Crippen molar-refractivity contribution in [1.82, 2.24) is 4.90 Å². The molecule has 0 saturated carbocycles. The maximum atomic E-state index is 12.5. The summed E-state index contributed by atoms with van der Waals surface area (Å²) in [5, 5.41) is 5.72. The fourth-order valence-corrected chi connectivity index (χ4v) is 5.33. The lowest BCUT2D eigenvalue weighted by Gasteiger charge is -2.14. The number of hydrogen-bond donors (Lipinski definition) is 1. The standard InChI is InChI=1S/C20H18Cl2N2O2S3/c21-13-9-14(22)11-15(10-13)23-18(25)6-2-1-3-7-24-19(26)17(29-20(24)27)12-16-5-4-8-28-16/h4-5,8-12H,1-3,6-7H2,(H,23,25). The van der Waals surface area contributed by atoms with Crippen molar-refractivity contribution >= 4 is 86.4 Å². The van der Waals surface area contributed by atoms with Gasteiger partial charge in [0.05, 0.1) is 4.91 Å². The Balaban J connectivity index is 1.39. The number of anilines is 1. The summed E-state index contributed by atoms with van der Waals surface area (Å²) in [6, 6.07) is 8.85. The third-order valence-electron chi connectivity index (χ3n) is 4.12. The molecule has 1 fully saturated rings. The van der Waals surface area contributed by atoms with Crippen LogP contribution < -0.4 is 5.32 Å². The minimum atomic E-state index is -0.0900. The SMILES string of the molecule is O=C(CCCCCN1C(=O)C(=Cc2cccs2)SC1=S)Nc1cc(Cl)cc(Cl)c1. The van der Waals surface area contributed by atoms with Gasteiger partial charge in [-0.1, -0.05) is 59.7 Å². The molecule has 2 aromatic rings. The minimum Gasteiger partial charge on any atom is -0.326 e. The van der Waals surface area contributed by atoms with Crippen LogP contribution in [0.3, 0.4) is 0 Å². The molecule has 152 valence electrons. The van der Waals surface area contributed by atoms with Gasteiger partial charge in [-0.05, 0) is 48.6 Å². The zero-order valence-corrected chi connectivity index (χ0v) is 19.3. The normalized spacial score (nSPS) is 15.4. The van der Waals surface area contributed by atoms with Crippen LogP contribution in [0.15, 0.2) is 40.6 Å². The van der Waals surface area contributed by atoms with Gasteiger partial charge < -0.3 is 5.32 Å². The van der Waals surface area contributed by atoms with E-state index in [0.29, 0.717) is 37.9 Å². The van der Waals surface area contributed by atoms with Gasteiger partial charge in [0.1, 0.15) is 4.32 Å². The van der Waals surface area contributed by atoms with Crippen LogP contribution in [-0.4, -0.2) is 27.6 Å². The zero-order chi connectivity index (χ0) is 20.8. The number of halogens is 2. The van der Waals surface area contributed by atoms with Crippen molar-refractivity contribution in [2.75, 3.05) is 11.9 Å². The highest BCUT2D eigenvalue weighted by molar-refractivity contribution is 8.26. The van der Waals surface area contributed by atoms with Crippen molar-refractivity contribution < 1.29 is 9.59 Å². The third-order valence-corrected chi connectivity index (χ3v) is 6.76. The van der Waals surface area contributed by atoms with Crippen molar-refractivity contribution in [3.05, 3.63) is 55.5 Å². The zero-order valence-electron chi connectivity index (χ0n) is 15.3. The molecule has 1 aliphatic heterocycles. The smallest absolute Gasteiger partial charge is 0.266 e. The van der Waals surface area contributed by atoms with Crippen LogP contribution in [0.4, 0.5) is 5.69 Å². The van der Waals surface area contributed by atoms with Gasteiger partial charge in [-0.15, -0.1) is 11.3 Å². The van der Waals surface area contributed by atoms with E-state index in [1.165, 1.54) is 11.8 Å². The molecule has 3 rings (SSSR count). The first-order chi connectivity index (χ1) is 13.9. The predicted octanol–water partition coefficient (Wildman–Crippen LogP) is 6.46. The molecule has 9 heteroatoms. The molecule has 0 bridgehead atoms. The molecule has 1 aliphatic rings. The van der Waals surface area contributed by atoms with Gasteiger partial charge in [-0.2, -0.15) is 0 Å². The number of amides is 2. The molecule has 0 aliphatic carbocycles. The number of thiocarbonyl (C=S) groups is 1. The van der Waals surface area contributed by atoms with E-state index in [9.17, 15) is 9.59 Å². The van der Waals surface area contributed by atoms with E-state index in [2.05, 4.69) is 5.32 Å². The highest BCUT2D eigenvalue weighted by Crippen LogP contribution is 2.33. The van der Waals surface area contributed by atoms with Crippen LogP contribution in [0.1, 0.15) is 30.6 Å². The Morgan fingerprint density at radius 1 is 1.17 bits per heavy atom. The lowest BCUT2D eigenvalue weighted by molar-refractivity contribution is -0.122. The molecule has 0 unspecified atom stereocenters. The summed E-state index contributed by atoms with van der Waals surface area (Å²) in [5.41, 5.74) is 0.586. The largest absolute Gasteiger partial charge is 0.326 e. The molecule has 2 heterocycles. The molecule has 0 radical (unpaired) electrons. The Kier molecular flexibility index (Phi) is 8.15. The maximum absolute atomic E-state index is 12.5. The van der Waals surface area contributed by atoms with Gasteiger partial charge in [-0.25, -0.2) is 0 Å².